The molecule has 1 aromatic carbocycles. The van der Waals surface area contributed by atoms with Gasteiger partial charge in [-0.3, -0.25) is 14.6 Å². The van der Waals surface area contributed by atoms with Crippen molar-refractivity contribution in [1.82, 2.24) is 9.80 Å². The fourth-order valence-corrected chi connectivity index (χ4v) is 4.00. The van der Waals surface area contributed by atoms with E-state index < -0.39 is 0 Å². The number of carbonyl (C=O) groups is 1. The normalized spacial score (nSPS) is 23.0. The van der Waals surface area contributed by atoms with E-state index in [9.17, 15) is 10.1 Å². The second-order valence-corrected chi connectivity index (χ2v) is 7.08. The summed E-state index contributed by atoms with van der Waals surface area (Å²) in [5, 5.41) is 10.4. The Balaban J connectivity index is 2.03. The summed E-state index contributed by atoms with van der Waals surface area (Å²) >= 11 is 4.99. The van der Waals surface area contributed by atoms with E-state index in [2.05, 4.69) is 26.9 Å². The Hall–Kier alpha value is -1.29. The SMILES string of the molecule is CN1CSC2=C(C#N)[C@@H](c3ccc(Br)cc3)CC(=O)N2C1. The van der Waals surface area contributed by atoms with Crippen molar-refractivity contribution < 1.29 is 4.79 Å². The van der Waals surface area contributed by atoms with Gasteiger partial charge in [-0.05, 0) is 24.7 Å². The first-order valence-electron chi connectivity index (χ1n) is 6.61. The molecular weight excluding hydrogens is 350 g/mol. The van der Waals surface area contributed by atoms with Crippen molar-refractivity contribution in [3.63, 3.8) is 0 Å². The van der Waals surface area contributed by atoms with E-state index in [0.29, 0.717) is 13.1 Å². The number of nitriles is 1. The summed E-state index contributed by atoms with van der Waals surface area (Å²) in [6.07, 6.45) is 0.364. The number of hydrogen-bond donors (Lipinski definition) is 0. The van der Waals surface area contributed by atoms with Crippen LogP contribution in [0.25, 0.3) is 0 Å². The summed E-state index contributed by atoms with van der Waals surface area (Å²) in [6.45, 7) is 0.569. The molecule has 0 aromatic heterocycles. The zero-order valence-corrected chi connectivity index (χ0v) is 13.9. The molecule has 2 aliphatic heterocycles. The van der Waals surface area contributed by atoms with Gasteiger partial charge in [0.15, 0.2) is 0 Å². The van der Waals surface area contributed by atoms with E-state index in [4.69, 9.17) is 0 Å². The Bertz CT molecular complexity index is 650. The molecule has 3 rings (SSSR count). The van der Waals surface area contributed by atoms with Gasteiger partial charge in [0, 0.05) is 16.8 Å². The van der Waals surface area contributed by atoms with Crippen LogP contribution in [0, 0.1) is 11.3 Å². The number of nitrogens with zero attached hydrogens (tertiary/aromatic N) is 3. The number of fused-ring (bicyclic) bond motifs is 1. The molecule has 6 heteroatoms. The van der Waals surface area contributed by atoms with Crippen LogP contribution in [0.5, 0.6) is 0 Å². The Morgan fingerprint density at radius 1 is 1.38 bits per heavy atom. The minimum atomic E-state index is -0.127. The largest absolute Gasteiger partial charge is 0.292 e. The highest BCUT2D eigenvalue weighted by molar-refractivity contribution is 9.10. The van der Waals surface area contributed by atoms with Gasteiger partial charge < -0.3 is 0 Å². The lowest BCUT2D eigenvalue weighted by molar-refractivity contribution is -0.131. The quantitative estimate of drug-likeness (QED) is 0.768. The number of allylic oxidation sites excluding steroid dienone is 1. The molecule has 1 saturated heterocycles. The van der Waals surface area contributed by atoms with Crippen molar-refractivity contribution in [2.45, 2.75) is 12.3 Å². The number of thioether (sulfide) groups is 1. The molecule has 108 valence electrons. The first-order chi connectivity index (χ1) is 10.1. The first kappa shape index (κ1) is 14.6. The van der Waals surface area contributed by atoms with Gasteiger partial charge in [0.25, 0.3) is 0 Å². The molecule has 0 saturated carbocycles. The number of benzene rings is 1. The minimum absolute atomic E-state index is 0.0935. The fraction of sp³-hybridized carbons (Fsp3) is 0.333. The summed E-state index contributed by atoms with van der Waals surface area (Å²) in [4.78, 5) is 16.2. The fourth-order valence-electron chi connectivity index (χ4n) is 2.65. The Labute approximate surface area is 136 Å². The molecule has 2 heterocycles. The van der Waals surface area contributed by atoms with E-state index >= 15 is 0 Å². The molecule has 21 heavy (non-hydrogen) atoms. The van der Waals surface area contributed by atoms with E-state index in [1.807, 2.05) is 31.3 Å². The third-order valence-corrected chi connectivity index (χ3v) is 5.51. The van der Waals surface area contributed by atoms with Crippen molar-refractivity contribution in [3.05, 3.63) is 44.9 Å². The van der Waals surface area contributed by atoms with Crippen molar-refractivity contribution in [3.8, 4) is 6.07 Å². The Morgan fingerprint density at radius 2 is 2.10 bits per heavy atom. The molecule has 0 bridgehead atoms. The standard InChI is InChI=1S/C15H14BrN3OS/c1-18-8-19-14(20)6-12(10-2-4-11(16)5-3-10)13(7-17)15(19)21-9-18/h2-5,12H,6,8-9H2,1H3/t12-/m1/s1. The lowest BCUT2D eigenvalue weighted by Gasteiger charge is -2.40. The highest BCUT2D eigenvalue weighted by Crippen LogP contribution is 2.42. The van der Waals surface area contributed by atoms with Gasteiger partial charge >= 0.3 is 0 Å². The molecule has 0 radical (unpaired) electrons. The van der Waals surface area contributed by atoms with E-state index in [1.54, 1.807) is 16.7 Å². The second-order valence-electron chi connectivity index (χ2n) is 5.23. The van der Waals surface area contributed by atoms with Gasteiger partial charge in [0.1, 0.15) is 0 Å². The van der Waals surface area contributed by atoms with E-state index in [-0.39, 0.29) is 11.8 Å². The smallest absolute Gasteiger partial charge is 0.229 e. The van der Waals surface area contributed by atoms with Crippen LogP contribution in [0.1, 0.15) is 17.9 Å². The van der Waals surface area contributed by atoms with Gasteiger partial charge in [-0.1, -0.05) is 39.8 Å². The monoisotopic (exact) mass is 363 g/mol. The molecule has 0 aliphatic carbocycles. The molecule has 0 spiro atoms. The van der Waals surface area contributed by atoms with Gasteiger partial charge in [0.2, 0.25) is 5.91 Å². The average molecular weight is 364 g/mol. The number of carbonyl (C=O) groups excluding carboxylic acids is 1. The van der Waals surface area contributed by atoms with Gasteiger partial charge in [-0.15, -0.1) is 0 Å². The topological polar surface area (TPSA) is 47.3 Å². The average Bonchev–Trinajstić information content (AvgIpc) is 2.48. The van der Waals surface area contributed by atoms with Gasteiger partial charge in [-0.25, -0.2) is 0 Å². The molecule has 1 fully saturated rings. The predicted molar refractivity (Wildman–Crippen MR) is 86.1 cm³/mol. The van der Waals surface area contributed by atoms with Crippen molar-refractivity contribution >= 4 is 33.6 Å². The molecule has 0 N–H and O–H groups in total. The Morgan fingerprint density at radius 3 is 2.76 bits per heavy atom. The summed E-state index contributed by atoms with van der Waals surface area (Å²) < 4.78 is 0.995. The molecule has 2 aliphatic rings. The third-order valence-electron chi connectivity index (χ3n) is 3.70. The van der Waals surface area contributed by atoms with Crippen LogP contribution < -0.4 is 0 Å². The van der Waals surface area contributed by atoms with Crippen molar-refractivity contribution in [2.24, 2.45) is 0 Å². The van der Waals surface area contributed by atoms with Crippen LogP contribution in [-0.4, -0.2) is 35.3 Å². The molecule has 0 unspecified atom stereocenters. The maximum Gasteiger partial charge on any atom is 0.229 e. The lowest BCUT2D eigenvalue weighted by Crippen LogP contribution is -2.45. The lowest BCUT2D eigenvalue weighted by atomic mass is 9.86. The van der Waals surface area contributed by atoms with E-state index in [0.717, 1.165) is 26.5 Å². The zero-order chi connectivity index (χ0) is 15.0. The number of amides is 1. The van der Waals surface area contributed by atoms with E-state index in [1.165, 1.54) is 0 Å². The van der Waals surface area contributed by atoms with Crippen LogP contribution in [0.2, 0.25) is 0 Å². The van der Waals surface area contributed by atoms with Crippen molar-refractivity contribution in [2.75, 3.05) is 19.6 Å². The third kappa shape index (κ3) is 2.73. The highest BCUT2D eigenvalue weighted by Gasteiger charge is 2.37. The molecule has 4 nitrogen and oxygen atoms in total. The second kappa shape index (κ2) is 5.84. The number of rotatable bonds is 1. The minimum Gasteiger partial charge on any atom is -0.292 e. The number of hydrogen-bond acceptors (Lipinski definition) is 4. The Kier molecular flexibility index (Phi) is 4.07. The summed E-state index contributed by atoms with van der Waals surface area (Å²) in [5.74, 6) is 0.769. The van der Waals surface area contributed by atoms with Gasteiger partial charge in [0.05, 0.1) is 29.2 Å². The summed E-state index contributed by atoms with van der Waals surface area (Å²) in [5.41, 5.74) is 1.74. The molecule has 1 atom stereocenters. The van der Waals surface area contributed by atoms with Crippen LogP contribution in [-0.2, 0) is 4.79 Å². The first-order valence-corrected chi connectivity index (χ1v) is 8.39. The summed E-state index contributed by atoms with van der Waals surface area (Å²) in [6, 6.07) is 10.2. The van der Waals surface area contributed by atoms with Crippen LogP contribution in [0.15, 0.2) is 39.3 Å². The maximum absolute atomic E-state index is 12.4. The summed E-state index contributed by atoms with van der Waals surface area (Å²) in [7, 11) is 1.98. The van der Waals surface area contributed by atoms with Crippen molar-refractivity contribution in [1.29, 1.82) is 5.26 Å². The van der Waals surface area contributed by atoms with Crippen LogP contribution in [0.4, 0.5) is 0 Å². The zero-order valence-electron chi connectivity index (χ0n) is 11.5. The van der Waals surface area contributed by atoms with Crippen LogP contribution in [0.3, 0.4) is 0 Å². The molecule has 1 amide bonds. The molecule has 1 aromatic rings. The predicted octanol–water partition coefficient (Wildman–Crippen LogP) is 3.09. The maximum atomic E-state index is 12.4. The molecular formula is C15H14BrN3OS. The van der Waals surface area contributed by atoms with Crippen LogP contribution >= 0.6 is 27.7 Å². The number of halogens is 1. The highest BCUT2D eigenvalue weighted by atomic mass is 79.9. The van der Waals surface area contributed by atoms with Gasteiger partial charge in [-0.2, -0.15) is 5.26 Å².